The summed E-state index contributed by atoms with van der Waals surface area (Å²) < 4.78 is 5.42. The largest absolute Gasteiger partial charge is 0.381 e. The van der Waals surface area contributed by atoms with Crippen molar-refractivity contribution >= 4 is 0 Å². The van der Waals surface area contributed by atoms with Crippen LogP contribution in [0.15, 0.2) is 0 Å². The van der Waals surface area contributed by atoms with Crippen molar-refractivity contribution in [2.24, 2.45) is 5.41 Å². The Hall–Kier alpha value is -0.0800. The van der Waals surface area contributed by atoms with Gasteiger partial charge in [-0.25, -0.2) is 0 Å². The van der Waals surface area contributed by atoms with Crippen LogP contribution >= 0.6 is 0 Å². The maximum Gasteiger partial charge on any atom is 0.0534 e. The van der Waals surface area contributed by atoms with Gasteiger partial charge in [-0.1, -0.05) is 6.92 Å². The molecule has 0 unspecified atom stereocenters. The predicted molar refractivity (Wildman–Crippen MR) is 46.7 cm³/mol. The van der Waals surface area contributed by atoms with Gasteiger partial charge in [0.2, 0.25) is 0 Å². The van der Waals surface area contributed by atoms with Gasteiger partial charge in [0, 0.05) is 18.6 Å². The molecule has 66 valence electrons. The van der Waals surface area contributed by atoms with Gasteiger partial charge in [-0.3, -0.25) is 0 Å². The van der Waals surface area contributed by atoms with E-state index in [1.54, 1.807) is 0 Å². The summed E-state index contributed by atoms with van der Waals surface area (Å²) >= 11 is 0. The van der Waals surface area contributed by atoms with Crippen molar-refractivity contribution in [3.63, 3.8) is 0 Å². The fourth-order valence-electron chi connectivity index (χ4n) is 1.26. The molecule has 0 amide bonds. The molecule has 0 saturated heterocycles. The van der Waals surface area contributed by atoms with E-state index in [4.69, 9.17) is 4.74 Å². The summed E-state index contributed by atoms with van der Waals surface area (Å²) in [7, 11) is 0. The van der Waals surface area contributed by atoms with Crippen molar-refractivity contribution < 1.29 is 4.74 Å². The summed E-state index contributed by atoms with van der Waals surface area (Å²) in [6.07, 6.45) is 2.69. The minimum atomic E-state index is 0.520. The van der Waals surface area contributed by atoms with Gasteiger partial charge in [-0.2, -0.15) is 0 Å². The van der Waals surface area contributed by atoms with Crippen LogP contribution in [-0.4, -0.2) is 26.3 Å². The molecule has 0 aromatic rings. The van der Waals surface area contributed by atoms with E-state index in [1.165, 1.54) is 12.8 Å². The van der Waals surface area contributed by atoms with E-state index in [0.29, 0.717) is 5.41 Å². The SMILES string of the molecule is CCNCC1(COCC)CC1. The lowest BCUT2D eigenvalue weighted by atomic mass is 10.1. The number of hydrogen-bond donors (Lipinski definition) is 1. The van der Waals surface area contributed by atoms with E-state index in [2.05, 4.69) is 19.2 Å². The van der Waals surface area contributed by atoms with Crippen LogP contribution < -0.4 is 5.32 Å². The summed E-state index contributed by atoms with van der Waals surface area (Å²) in [6.45, 7) is 8.24. The average molecular weight is 157 g/mol. The first-order valence-corrected chi connectivity index (χ1v) is 4.61. The lowest BCUT2D eigenvalue weighted by Crippen LogP contribution is -2.27. The van der Waals surface area contributed by atoms with Crippen LogP contribution in [0.1, 0.15) is 26.7 Å². The molecule has 2 heteroatoms. The van der Waals surface area contributed by atoms with E-state index in [9.17, 15) is 0 Å². The Bertz CT molecular complexity index is 100. The second-order valence-corrected chi connectivity index (χ2v) is 3.42. The van der Waals surface area contributed by atoms with Crippen molar-refractivity contribution in [3.05, 3.63) is 0 Å². The van der Waals surface area contributed by atoms with Gasteiger partial charge in [0.05, 0.1) is 6.61 Å². The summed E-state index contributed by atoms with van der Waals surface area (Å²) in [6, 6.07) is 0. The smallest absolute Gasteiger partial charge is 0.0534 e. The molecule has 1 fully saturated rings. The highest BCUT2D eigenvalue weighted by Crippen LogP contribution is 2.45. The average Bonchev–Trinajstić information content (AvgIpc) is 2.79. The molecule has 1 N–H and O–H groups in total. The Kier molecular flexibility index (Phi) is 3.34. The van der Waals surface area contributed by atoms with Crippen molar-refractivity contribution in [1.29, 1.82) is 0 Å². The van der Waals surface area contributed by atoms with E-state index < -0.39 is 0 Å². The van der Waals surface area contributed by atoms with Gasteiger partial charge >= 0.3 is 0 Å². The molecule has 1 saturated carbocycles. The summed E-state index contributed by atoms with van der Waals surface area (Å²) in [4.78, 5) is 0. The summed E-state index contributed by atoms with van der Waals surface area (Å²) in [5, 5.41) is 3.38. The van der Waals surface area contributed by atoms with Crippen LogP contribution in [0.4, 0.5) is 0 Å². The zero-order chi connectivity index (χ0) is 8.16. The zero-order valence-electron chi connectivity index (χ0n) is 7.65. The highest BCUT2D eigenvalue weighted by atomic mass is 16.5. The van der Waals surface area contributed by atoms with E-state index in [0.717, 1.165) is 26.3 Å². The number of nitrogens with one attached hydrogen (secondary N) is 1. The first-order valence-electron chi connectivity index (χ1n) is 4.61. The van der Waals surface area contributed by atoms with Gasteiger partial charge in [0.15, 0.2) is 0 Å². The number of rotatable bonds is 6. The number of ether oxygens (including phenoxy) is 1. The second kappa shape index (κ2) is 4.07. The Balaban J connectivity index is 2.08. The quantitative estimate of drug-likeness (QED) is 0.629. The lowest BCUT2D eigenvalue weighted by Gasteiger charge is -2.14. The summed E-state index contributed by atoms with van der Waals surface area (Å²) in [5.74, 6) is 0. The first kappa shape index (κ1) is 9.01. The molecular formula is C9H19NO. The standard InChI is InChI=1S/C9H19NO/c1-3-10-7-9(5-6-9)8-11-4-2/h10H,3-8H2,1-2H3. The first-order chi connectivity index (χ1) is 5.33. The molecule has 11 heavy (non-hydrogen) atoms. The predicted octanol–water partition coefficient (Wildman–Crippen LogP) is 1.41. The fraction of sp³-hybridized carbons (Fsp3) is 1.00. The van der Waals surface area contributed by atoms with Crippen molar-refractivity contribution in [3.8, 4) is 0 Å². The highest BCUT2D eigenvalue weighted by Gasteiger charge is 2.41. The molecule has 0 heterocycles. The van der Waals surface area contributed by atoms with Crippen LogP contribution in [0.5, 0.6) is 0 Å². The van der Waals surface area contributed by atoms with Crippen LogP contribution in [0, 0.1) is 5.41 Å². The Morgan fingerprint density at radius 2 is 2.09 bits per heavy atom. The van der Waals surface area contributed by atoms with Gasteiger partial charge in [0.25, 0.3) is 0 Å². The minimum Gasteiger partial charge on any atom is -0.381 e. The van der Waals surface area contributed by atoms with Crippen molar-refractivity contribution in [2.75, 3.05) is 26.3 Å². The minimum absolute atomic E-state index is 0.520. The molecule has 1 aliphatic rings. The van der Waals surface area contributed by atoms with E-state index >= 15 is 0 Å². The molecule has 0 aromatic heterocycles. The molecule has 2 nitrogen and oxygen atoms in total. The third-order valence-corrected chi connectivity index (χ3v) is 2.32. The zero-order valence-corrected chi connectivity index (χ0v) is 7.65. The van der Waals surface area contributed by atoms with E-state index in [1.807, 2.05) is 0 Å². The maximum atomic E-state index is 5.42. The van der Waals surface area contributed by atoms with Crippen LogP contribution in [0.2, 0.25) is 0 Å². The molecule has 0 bridgehead atoms. The van der Waals surface area contributed by atoms with Crippen molar-refractivity contribution in [2.45, 2.75) is 26.7 Å². The van der Waals surface area contributed by atoms with Crippen LogP contribution in [0.3, 0.4) is 0 Å². The Morgan fingerprint density at radius 3 is 2.55 bits per heavy atom. The highest BCUT2D eigenvalue weighted by molar-refractivity contribution is 4.94. The lowest BCUT2D eigenvalue weighted by molar-refractivity contribution is 0.100. The van der Waals surface area contributed by atoms with Gasteiger partial charge in [0.1, 0.15) is 0 Å². The third-order valence-electron chi connectivity index (χ3n) is 2.32. The maximum absolute atomic E-state index is 5.42. The monoisotopic (exact) mass is 157 g/mol. The molecular weight excluding hydrogens is 138 g/mol. The molecule has 0 radical (unpaired) electrons. The van der Waals surface area contributed by atoms with E-state index in [-0.39, 0.29) is 0 Å². The third kappa shape index (κ3) is 2.80. The molecule has 0 atom stereocenters. The van der Waals surface area contributed by atoms with Crippen LogP contribution in [0.25, 0.3) is 0 Å². The summed E-state index contributed by atoms with van der Waals surface area (Å²) in [5.41, 5.74) is 0.520. The molecule has 0 aromatic carbocycles. The Labute approximate surface area is 69.3 Å². The molecule has 0 spiro atoms. The second-order valence-electron chi connectivity index (χ2n) is 3.42. The van der Waals surface area contributed by atoms with Gasteiger partial charge < -0.3 is 10.1 Å². The number of hydrogen-bond acceptors (Lipinski definition) is 2. The fourth-order valence-corrected chi connectivity index (χ4v) is 1.26. The molecule has 1 rings (SSSR count). The molecule has 0 aliphatic heterocycles. The van der Waals surface area contributed by atoms with Gasteiger partial charge in [-0.05, 0) is 26.3 Å². The normalized spacial score (nSPS) is 20.2. The van der Waals surface area contributed by atoms with Crippen molar-refractivity contribution in [1.82, 2.24) is 5.32 Å². The molecule has 1 aliphatic carbocycles. The Morgan fingerprint density at radius 1 is 1.36 bits per heavy atom. The topological polar surface area (TPSA) is 21.3 Å². The van der Waals surface area contributed by atoms with Gasteiger partial charge in [-0.15, -0.1) is 0 Å². The van der Waals surface area contributed by atoms with Crippen LogP contribution in [-0.2, 0) is 4.74 Å².